The molecule has 0 unspecified atom stereocenters. The lowest BCUT2D eigenvalue weighted by molar-refractivity contribution is 0.0916. The second-order valence-electron chi connectivity index (χ2n) is 5.51. The second kappa shape index (κ2) is 6.12. The van der Waals surface area contributed by atoms with Gasteiger partial charge in [-0.15, -0.1) is 0 Å². The van der Waals surface area contributed by atoms with Crippen molar-refractivity contribution in [3.8, 4) is 6.07 Å². The maximum absolute atomic E-state index is 12.6. The Bertz CT molecular complexity index is 679. The van der Waals surface area contributed by atoms with Crippen LogP contribution in [0.4, 0.5) is 0 Å². The Labute approximate surface area is 129 Å². The van der Waals surface area contributed by atoms with E-state index in [0.29, 0.717) is 36.3 Å². The molecule has 3 rings (SSSR count). The van der Waals surface area contributed by atoms with Crippen molar-refractivity contribution in [1.82, 2.24) is 9.80 Å². The van der Waals surface area contributed by atoms with E-state index in [2.05, 4.69) is 11.0 Å². The molecule has 1 saturated heterocycles. The molecule has 1 aromatic rings. The van der Waals surface area contributed by atoms with E-state index in [4.69, 9.17) is 5.26 Å². The molecule has 1 aliphatic heterocycles. The maximum atomic E-state index is 12.6. The number of nitrogens with zero attached hydrogens (tertiary/aromatic N) is 3. The van der Waals surface area contributed by atoms with Gasteiger partial charge in [0, 0.05) is 56.3 Å². The largest absolute Gasteiger partial charge is 0.366 e. The Morgan fingerprint density at radius 3 is 2.41 bits per heavy atom. The van der Waals surface area contributed by atoms with Crippen molar-refractivity contribution < 1.29 is 9.59 Å². The lowest BCUT2D eigenvalue weighted by Gasteiger charge is -2.37. The Balaban J connectivity index is 1.73. The van der Waals surface area contributed by atoms with Crippen LogP contribution in [0.3, 0.4) is 0 Å². The molecule has 5 heteroatoms. The molecule has 112 valence electrons. The zero-order chi connectivity index (χ0) is 15.5. The Morgan fingerprint density at radius 1 is 1.05 bits per heavy atom. The van der Waals surface area contributed by atoms with Gasteiger partial charge in [-0.05, 0) is 0 Å². The first-order valence-corrected chi connectivity index (χ1v) is 7.44. The quantitative estimate of drug-likeness (QED) is 0.845. The number of nitriles is 1. The van der Waals surface area contributed by atoms with Gasteiger partial charge in [0.15, 0.2) is 5.78 Å². The molecule has 0 spiro atoms. The minimum atomic E-state index is -0.0999. The summed E-state index contributed by atoms with van der Waals surface area (Å²) in [6, 6.07) is 9.12. The van der Waals surface area contributed by atoms with Crippen molar-refractivity contribution in [3.05, 3.63) is 47.2 Å². The maximum Gasteiger partial charge on any atom is 0.209 e. The molecule has 1 fully saturated rings. The number of benzene rings is 1. The van der Waals surface area contributed by atoms with Crippen LogP contribution in [0.2, 0.25) is 0 Å². The molecule has 0 saturated carbocycles. The number of Topliss-reactive ketones (excluding diaryl/α,β-unsaturated/α-hetero) is 1. The van der Waals surface area contributed by atoms with Crippen LogP contribution in [0.5, 0.6) is 0 Å². The number of allylic oxidation sites excluding steroid dienone is 2. The molecular weight excluding hydrogens is 278 g/mol. The highest BCUT2D eigenvalue weighted by molar-refractivity contribution is 6.24. The van der Waals surface area contributed by atoms with Crippen molar-refractivity contribution >= 4 is 11.6 Å². The van der Waals surface area contributed by atoms with Crippen molar-refractivity contribution in [3.63, 3.8) is 0 Å². The monoisotopic (exact) mass is 295 g/mol. The molecule has 1 heterocycles. The second-order valence-corrected chi connectivity index (χ2v) is 5.51. The van der Waals surface area contributed by atoms with Crippen LogP contribution >= 0.6 is 0 Å². The number of hydrogen-bond donors (Lipinski definition) is 0. The molecule has 0 atom stereocenters. The van der Waals surface area contributed by atoms with E-state index >= 15 is 0 Å². The molecule has 2 aliphatic rings. The Morgan fingerprint density at radius 2 is 1.73 bits per heavy atom. The average Bonchev–Trinajstić information content (AvgIpc) is 2.57. The summed E-state index contributed by atoms with van der Waals surface area (Å²) in [7, 11) is 0. The lowest BCUT2D eigenvalue weighted by atomic mass is 9.92. The van der Waals surface area contributed by atoms with Gasteiger partial charge in [-0.1, -0.05) is 24.3 Å². The van der Waals surface area contributed by atoms with Gasteiger partial charge in [0.2, 0.25) is 5.78 Å². The summed E-state index contributed by atoms with van der Waals surface area (Å²) in [6.45, 7) is 3.79. The molecule has 1 aromatic carbocycles. The van der Waals surface area contributed by atoms with Crippen molar-refractivity contribution in [2.75, 3.05) is 32.7 Å². The van der Waals surface area contributed by atoms with Crippen LogP contribution < -0.4 is 0 Å². The fraction of sp³-hybridized carbons (Fsp3) is 0.353. The molecule has 22 heavy (non-hydrogen) atoms. The van der Waals surface area contributed by atoms with E-state index < -0.39 is 0 Å². The number of fused-ring (bicyclic) bond motifs is 1. The smallest absolute Gasteiger partial charge is 0.209 e. The standard InChI is InChI=1S/C17H17N3O2/c18-6-3-7-19-8-10-20(11-9-19)15-12-16(21)13-4-1-2-5-14(13)17(15)22/h1-2,4-5,12H,3,7-11H2. The summed E-state index contributed by atoms with van der Waals surface area (Å²) >= 11 is 0. The third-order valence-electron chi connectivity index (χ3n) is 4.19. The van der Waals surface area contributed by atoms with Gasteiger partial charge < -0.3 is 4.90 Å². The zero-order valence-corrected chi connectivity index (χ0v) is 12.3. The topological polar surface area (TPSA) is 64.4 Å². The van der Waals surface area contributed by atoms with Crippen LogP contribution in [0.15, 0.2) is 36.0 Å². The van der Waals surface area contributed by atoms with E-state index in [1.807, 2.05) is 4.90 Å². The highest BCUT2D eigenvalue weighted by Crippen LogP contribution is 2.24. The number of piperazine rings is 1. The predicted octanol–water partition coefficient (Wildman–Crippen LogP) is 1.48. The third kappa shape index (κ3) is 2.66. The summed E-state index contributed by atoms with van der Waals surface area (Å²) in [5.74, 6) is -0.169. The van der Waals surface area contributed by atoms with E-state index in [9.17, 15) is 9.59 Å². The first-order valence-electron chi connectivity index (χ1n) is 7.44. The normalized spacial score (nSPS) is 18.7. The number of carbonyl (C=O) groups excluding carboxylic acids is 2. The number of carbonyl (C=O) groups is 2. The van der Waals surface area contributed by atoms with Crippen molar-refractivity contribution in [2.45, 2.75) is 6.42 Å². The van der Waals surface area contributed by atoms with Crippen molar-refractivity contribution in [1.29, 1.82) is 5.26 Å². The molecule has 0 N–H and O–H groups in total. The fourth-order valence-electron chi connectivity index (χ4n) is 2.96. The van der Waals surface area contributed by atoms with Crippen molar-refractivity contribution in [2.24, 2.45) is 0 Å². The first-order chi connectivity index (χ1) is 10.7. The summed E-state index contributed by atoms with van der Waals surface area (Å²) in [6.07, 6.45) is 1.99. The van der Waals surface area contributed by atoms with E-state index in [-0.39, 0.29) is 11.6 Å². The summed E-state index contributed by atoms with van der Waals surface area (Å²) in [5, 5.41) is 8.63. The average molecular weight is 295 g/mol. The highest BCUT2D eigenvalue weighted by atomic mass is 16.1. The predicted molar refractivity (Wildman–Crippen MR) is 81.4 cm³/mol. The van der Waals surface area contributed by atoms with Gasteiger partial charge in [-0.2, -0.15) is 5.26 Å². The SMILES string of the molecule is N#CCCN1CCN(C2=CC(=O)c3ccccc3C2=O)CC1. The summed E-state index contributed by atoms with van der Waals surface area (Å²) in [5.41, 5.74) is 1.49. The van der Waals surface area contributed by atoms with Gasteiger partial charge in [-0.25, -0.2) is 0 Å². The number of rotatable bonds is 3. The zero-order valence-electron chi connectivity index (χ0n) is 12.3. The highest BCUT2D eigenvalue weighted by Gasteiger charge is 2.30. The minimum Gasteiger partial charge on any atom is -0.366 e. The molecule has 0 aromatic heterocycles. The molecular formula is C17H17N3O2. The molecule has 5 nitrogen and oxygen atoms in total. The van der Waals surface area contributed by atoms with E-state index in [1.54, 1.807) is 24.3 Å². The van der Waals surface area contributed by atoms with Gasteiger partial charge in [0.25, 0.3) is 0 Å². The lowest BCUT2D eigenvalue weighted by Crippen LogP contribution is -2.47. The first kappa shape index (κ1) is 14.5. The summed E-state index contributed by atoms with van der Waals surface area (Å²) < 4.78 is 0. The fourth-order valence-corrected chi connectivity index (χ4v) is 2.96. The third-order valence-corrected chi connectivity index (χ3v) is 4.19. The molecule has 0 amide bonds. The summed E-state index contributed by atoms with van der Waals surface area (Å²) in [4.78, 5) is 29.0. The Kier molecular flexibility index (Phi) is 4.03. The number of ketones is 2. The van der Waals surface area contributed by atoms with Gasteiger partial charge in [0.05, 0.1) is 11.8 Å². The van der Waals surface area contributed by atoms with Crippen LogP contribution in [0.1, 0.15) is 27.1 Å². The van der Waals surface area contributed by atoms with Crippen LogP contribution in [0.25, 0.3) is 0 Å². The van der Waals surface area contributed by atoms with Crippen LogP contribution in [-0.2, 0) is 0 Å². The van der Waals surface area contributed by atoms with E-state index in [1.165, 1.54) is 6.08 Å². The van der Waals surface area contributed by atoms with Gasteiger partial charge in [0.1, 0.15) is 0 Å². The number of hydrogen-bond acceptors (Lipinski definition) is 5. The Hall–Kier alpha value is -2.45. The minimum absolute atomic E-state index is 0.0688. The molecule has 1 aliphatic carbocycles. The van der Waals surface area contributed by atoms with Gasteiger partial charge in [-0.3, -0.25) is 14.5 Å². The van der Waals surface area contributed by atoms with Gasteiger partial charge >= 0.3 is 0 Å². The molecule has 0 bridgehead atoms. The van der Waals surface area contributed by atoms with E-state index in [0.717, 1.165) is 19.6 Å². The molecule has 0 radical (unpaired) electrons. The van der Waals surface area contributed by atoms with Crippen LogP contribution in [-0.4, -0.2) is 54.1 Å². The van der Waals surface area contributed by atoms with Crippen LogP contribution in [0, 0.1) is 11.3 Å².